The zero-order chi connectivity index (χ0) is 19.2. The highest BCUT2D eigenvalue weighted by atomic mass is 16.5. The molecule has 142 valence electrons. The van der Waals surface area contributed by atoms with Gasteiger partial charge in [-0.15, -0.1) is 0 Å². The number of carbonyl (C=O) groups is 1. The molecule has 2 aromatic heterocycles. The van der Waals surface area contributed by atoms with Gasteiger partial charge >= 0.3 is 0 Å². The van der Waals surface area contributed by atoms with Crippen molar-refractivity contribution in [3.63, 3.8) is 0 Å². The Morgan fingerprint density at radius 2 is 1.96 bits per heavy atom. The van der Waals surface area contributed by atoms with Gasteiger partial charge in [0.25, 0.3) is 5.91 Å². The average Bonchev–Trinajstić information content (AvgIpc) is 3.31. The molecular formula is C21H25N3O3. The first-order valence-electron chi connectivity index (χ1n) is 9.20. The third kappa shape index (κ3) is 4.78. The number of furan rings is 1. The van der Waals surface area contributed by atoms with Crippen LogP contribution in [0.15, 0.2) is 47.0 Å². The summed E-state index contributed by atoms with van der Waals surface area (Å²) in [6.07, 6.45) is 2.94. The van der Waals surface area contributed by atoms with Crippen molar-refractivity contribution in [2.24, 2.45) is 0 Å². The van der Waals surface area contributed by atoms with Crippen molar-refractivity contribution >= 4 is 5.91 Å². The number of hydrogen-bond acceptors (Lipinski definition) is 4. The van der Waals surface area contributed by atoms with Crippen molar-refractivity contribution < 1.29 is 13.9 Å². The zero-order valence-electron chi connectivity index (χ0n) is 16.0. The predicted molar refractivity (Wildman–Crippen MR) is 103 cm³/mol. The van der Waals surface area contributed by atoms with Crippen LogP contribution in [0.2, 0.25) is 0 Å². The lowest BCUT2D eigenvalue weighted by atomic mass is 10.2. The first-order chi connectivity index (χ1) is 13.1. The minimum absolute atomic E-state index is 0.253. The van der Waals surface area contributed by atoms with Gasteiger partial charge in [-0.25, -0.2) is 0 Å². The maximum Gasteiger partial charge on any atom is 0.287 e. The van der Waals surface area contributed by atoms with Crippen LogP contribution in [0.4, 0.5) is 0 Å². The minimum atomic E-state index is -0.253. The smallest absolute Gasteiger partial charge is 0.287 e. The van der Waals surface area contributed by atoms with Gasteiger partial charge in [0.05, 0.1) is 5.69 Å². The lowest BCUT2D eigenvalue weighted by Crippen LogP contribution is -2.22. The van der Waals surface area contributed by atoms with E-state index in [9.17, 15) is 4.79 Å². The van der Waals surface area contributed by atoms with E-state index in [2.05, 4.69) is 17.3 Å². The fraction of sp³-hybridized carbons (Fsp3) is 0.333. The van der Waals surface area contributed by atoms with Crippen molar-refractivity contribution in [1.82, 2.24) is 15.1 Å². The summed E-state index contributed by atoms with van der Waals surface area (Å²) >= 11 is 0. The van der Waals surface area contributed by atoms with E-state index in [1.165, 1.54) is 5.56 Å². The fourth-order valence-electron chi connectivity index (χ4n) is 2.71. The molecule has 0 radical (unpaired) electrons. The van der Waals surface area contributed by atoms with E-state index in [0.717, 1.165) is 30.0 Å². The summed E-state index contributed by atoms with van der Waals surface area (Å²) in [5, 5.41) is 7.24. The molecule has 0 saturated heterocycles. The van der Waals surface area contributed by atoms with Gasteiger partial charge in [-0.05, 0) is 50.1 Å². The van der Waals surface area contributed by atoms with E-state index < -0.39 is 0 Å². The van der Waals surface area contributed by atoms with Gasteiger partial charge in [0.2, 0.25) is 0 Å². The number of ether oxygens (including phenoxy) is 1. The topological polar surface area (TPSA) is 69.3 Å². The largest absolute Gasteiger partial charge is 0.486 e. The normalized spacial score (nSPS) is 10.8. The van der Waals surface area contributed by atoms with E-state index in [0.29, 0.717) is 12.3 Å². The van der Waals surface area contributed by atoms with Crippen LogP contribution in [0.1, 0.15) is 47.0 Å². The molecule has 0 bridgehead atoms. The molecule has 27 heavy (non-hydrogen) atoms. The van der Waals surface area contributed by atoms with Crippen LogP contribution in [0.25, 0.3) is 0 Å². The summed E-state index contributed by atoms with van der Waals surface area (Å²) in [6, 6.07) is 11.4. The third-order valence-corrected chi connectivity index (χ3v) is 4.41. The first-order valence-corrected chi connectivity index (χ1v) is 9.20. The summed E-state index contributed by atoms with van der Waals surface area (Å²) in [7, 11) is 0. The molecule has 0 aliphatic rings. The van der Waals surface area contributed by atoms with Gasteiger partial charge in [0.1, 0.15) is 18.1 Å². The zero-order valence-corrected chi connectivity index (χ0v) is 16.0. The second kappa shape index (κ2) is 8.58. The summed E-state index contributed by atoms with van der Waals surface area (Å²) in [4.78, 5) is 12.3. The van der Waals surface area contributed by atoms with Gasteiger partial charge in [0.15, 0.2) is 5.76 Å². The molecule has 3 aromatic rings. The second-order valence-electron chi connectivity index (χ2n) is 6.33. The number of nitrogens with zero attached hydrogens (tertiary/aromatic N) is 2. The number of hydrogen-bond donors (Lipinski definition) is 1. The maximum atomic E-state index is 12.3. The van der Waals surface area contributed by atoms with Crippen molar-refractivity contribution in [2.75, 3.05) is 0 Å². The number of aryl methyl sites for hydroxylation is 3. The molecule has 0 spiro atoms. The molecule has 1 amide bonds. The standard InChI is InChI=1S/C21H25N3O3/c1-4-16-6-8-18(9-7-16)26-14-19-10-11-20(27-19)21(25)22-12-17-13-24(5-2)23-15(17)3/h6-11,13H,4-5,12,14H2,1-3H3,(H,22,25). The number of carbonyl (C=O) groups excluding carboxylic acids is 1. The summed E-state index contributed by atoms with van der Waals surface area (Å²) < 4.78 is 13.2. The summed E-state index contributed by atoms with van der Waals surface area (Å²) in [6.45, 7) is 7.57. The number of benzene rings is 1. The molecule has 0 fully saturated rings. The molecule has 1 aromatic carbocycles. The number of aromatic nitrogens is 2. The highest BCUT2D eigenvalue weighted by molar-refractivity contribution is 5.91. The van der Waals surface area contributed by atoms with E-state index in [-0.39, 0.29) is 18.3 Å². The molecule has 1 N–H and O–H groups in total. The Balaban J connectivity index is 1.52. The van der Waals surface area contributed by atoms with Crippen LogP contribution in [-0.2, 0) is 26.1 Å². The third-order valence-electron chi connectivity index (χ3n) is 4.41. The Bertz CT molecular complexity index is 894. The monoisotopic (exact) mass is 367 g/mol. The molecule has 6 nitrogen and oxygen atoms in total. The van der Waals surface area contributed by atoms with Crippen molar-refractivity contribution in [2.45, 2.75) is 46.9 Å². The van der Waals surface area contributed by atoms with Crippen LogP contribution in [0.3, 0.4) is 0 Å². The first kappa shape index (κ1) is 18.8. The van der Waals surface area contributed by atoms with Gasteiger partial charge in [-0.1, -0.05) is 19.1 Å². The van der Waals surface area contributed by atoms with Crippen molar-refractivity contribution in [1.29, 1.82) is 0 Å². The van der Waals surface area contributed by atoms with Crippen LogP contribution >= 0.6 is 0 Å². The molecule has 0 saturated carbocycles. The van der Waals surface area contributed by atoms with Gasteiger partial charge in [-0.2, -0.15) is 5.10 Å². The van der Waals surface area contributed by atoms with E-state index in [4.69, 9.17) is 9.15 Å². The van der Waals surface area contributed by atoms with Gasteiger partial charge < -0.3 is 14.5 Å². The molecular weight excluding hydrogens is 342 g/mol. The highest BCUT2D eigenvalue weighted by Gasteiger charge is 2.13. The average molecular weight is 367 g/mol. The molecule has 0 aliphatic heterocycles. The molecule has 0 atom stereocenters. The molecule has 6 heteroatoms. The van der Waals surface area contributed by atoms with Crippen molar-refractivity contribution in [3.8, 4) is 5.75 Å². The Labute approximate surface area is 159 Å². The molecule has 2 heterocycles. The summed E-state index contributed by atoms with van der Waals surface area (Å²) in [5.74, 6) is 1.40. The van der Waals surface area contributed by atoms with Crippen LogP contribution in [0.5, 0.6) is 5.75 Å². The number of amides is 1. The van der Waals surface area contributed by atoms with Gasteiger partial charge in [0, 0.05) is 24.8 Å². The molecule has 3 rings (SSSR count). The van der Waals surface area contributed by atoms with Crippen LogP contribution in [-0.4, -0.2) is 15.7 Å². The Morgan fingerprint density at radius 3 is 2.63 bits per heavy atom. The Morgan fingerprint density at radius 1 is 1.19 bits per heavy atom. The highest BCUT2D eigenvalue weighted by Crippen LogP contribution is 2.16. The Kier molecular flexibility index (Phi) is 5.96. The number of rotatable bonds is 8. The van der Waals surface area contributed by atoms with E-state index >= 15 is 0 Å². The molecule has 0 aliphatic carbocycles. The van der Waals surface area contributed by atoms with E-state index in [1.54, 1.807) is 12.1 Å². The van der Waals surface area contributed by atoms with Crippen LogP contribution in [0, 0.1) is 6.92 Å². The second-order valence-corrected chi connectivity index (χ2v) is 6.33. The van der Waals surface area contributed by atoms with E-state index in [1.807, 2.05) is 49.0 Å². The van der Waals surface area contributed by atoms with Crippen molar-refractivity contribution in [3.05, 3.63) is 70.9 Å². The SMILES string of the molecule is CCc1ccc(OCc2ccc(C(=O)NCc3cn(CC)nc3C)o2)cc1. The minimum Gasteiger partial charge on any atom is -0.486 e. The number of nitrogens with one attached hydrogen (secondary N) is 1. The van der Waals surface area contributed by atoms with Gasteiger partial charge in [-0.3, -0.25) is 9.48 Å². The lowest BCUT2D eigenvalue weighted by molar-refractivity contribution is 0.0919. The predicted octanol–water partition coefficient (Wildman–Crippen LogP) is 3.88. The van der Waals surface area contributed by atoms with Crippen LogP contribution < -0.4 is 10.1 Å². The molecule has 0 unspecified atom stereocenters. The Hall–Kier alpha value is -3.02. The maximum absolute atomic E-state index is 12.3. The lowest BCUT2D eigenvalue weighted by Gasteiger charge is -2.05. The summed E-state index contributed by atoms with van der Waals surface area (Å²) in [5.41, 5.74) is 3.18. The fourth-order valence-corrected chi connectivity index (χ4v) is 2.71. The quantitative estimate of drug-likeness (QED) is 0.656.